The Hall–Kier alpha value is -3.42. The molecule has 3 rings (SSSR count). The van der Waals surface area contributed by atoms with E-state index in [9.17, 15) is 19.8 Å². The number of nitrogens with zero attached hydrogens (tertiary/aromatic N) is 4. The number of phenolic OH excluding ortho intramolecular Hbond substituents is 2. The zero-order valence-corrected chi connectivity index (χ0v) is 11.8. The molecule has 0 aliphatic rings. The molecule has 0 saturated carbocycles. The van der Waals surface area contributed by atoms with Gasteiger partial charge in [-0.3, -0.25) is 4.79 Å². The van der Waals surface area contributed by atoms with Gasteiger partial charge in [0.2, 0.25) is 0 Å². The summed E-state index contributed by atoms with van der Waals surface area (Å²) < 4.78 is 2.01. The van der Waals surface area contributed by atoms with Crippen molar-refractivity contribution in [1.29, 1.82) is 0 Å². The Morgan fingerprint density at radius 1 is 1.00 bits per heavy atom. The molecule has 0 saturated heterocycles. The van der Waals surface area contributed by atoms with Crippen molar-refractivity contribution in [2.45, 2.75) is 6.54 Å². The first-order chi connectivity index (χ1) is 11.1. The maximum Gasteiger partial charge on any atom is 0.368 e. The van der Waals surface area contributed by atoms with E-state index in [-0.39, 0.29) is 17.9 Å². The van der Waals surface area contributed by atoms with Gasteiger partial charge in [-0.1, -0.05) is 18.2 Å². The van der Waals surface area contributed by atoms with Gasteiger partial charge in [-0.15, -0.1) is 0 Å². The average molecular weight is 312 g/mol. The van der Waals surface area contributed by atoms with E-state index in [1.165, 1.54) is 12.1 Å². The summed E-state index contributed by atoms with van der Waals surface area (Å²) in [5.41, 5.74) is 0.146. The van der Waals surface area contributed by atoms with Gasteiger partial charge in [0.15, 0.2) is 17.3 Å². The summed E-state index contributed by atoms with van der Waals surface area (Å²) in [5, 5.41) is 26.1. The van der Waals surface area contributed by atoms with Gasteiger partial charge in [-0.2, -0.15) is 9.36 Å². The van der Waals surface area contributed by atoms with Crippen molar-refractivity contribution in [3.8, 4) is 17.2 Å². The molecule has 0 radical (unpaired) electrons. The third-order valence-corrected chi connectivity index (χ3v) is 3.23. The Morgan fingerprint density at radius 3 is 2.43 bits per heavy atom. The number of hydrogen-bond acceptors (Lipinski definition) is 6. The summed E-state index contributed by atoms with van der Waals surface area (Å²) in [7, 11) is 0. The Morgan fingerprint density at radius 2 is 1.74 bits per heavy atom. The summed E-state index contributed by atoms with van der Waals surface area (Å²) in [6, 6.07) is 12.4. The van der Waals surface area contributed by atoms with Gasteiger partial charge < -0.3 is 10.2 Å². The number of phenols is 2. The van der Waals surface area contributed by atoms with Gasteiger partial charge in [0.05, 0.1) is 5.69 Å². The second-order valence-electron chi connectivity index (χ2n) is 4.79. The van der Waals surface area contributed by atoms with Crippen molar-refractivity contribution in [2.75, 3.05) is 0 Å². The summed E-state index contributed by atoms with van der Waals surface area (Å²) in [5.74, 6) is -1.17. The lowest BCUT2D eigenvalue weighted by Crippen LogP contribution is -2.27. The maximum atomic E-state index is 12.2. The van der Waals surface area contributed by atoms with Crippen molar-refractivity contribution in [3.63, 3.8) is 0 Å². The van der Waals surface area contributed by atoms with E-state index in [4.69, 9.17) is 0 Å². The van der Waals surface area contributed by atoms with Crippen LogP contribution in [0.2, 0.25) is 0 Å². The van der Waals surface area contributed by atoms with Crippen molar-refractivity contribution in [1.82, 2.24) is 19.8 Å². The van der Waals surface area contributed by atoms with Crippen LogP contribution in [0, 0.1) is 0 Å². The van der Waals surface area contributed by atoms with Crippen LogP contribution in [-0.4, -0.2) is 35.8 Å². The molecular weight excluding hydrogens is 300 g/mol. The zero-order valence-electron chi connectivity index (χ0n) is 11.8. The van der Waals surface area contributed by atoms with Gasteiger partial charge in [-0.25, -0.2) is 4.79 Å². The van der Waals surface area contributed by atoms with Crippen LogP contribution in [0.25, 0.3) is 5.69 Å². The van der Waals surface area contributed by atoms with Gasteiger partial charge in [0, 0.05) is 5.56 Å². The summed E-state index contributed by atoms with van der Waals surface area (Å²) in [6.07, 6.45) is 0. The summed E-state index contributed by atoms with van der Waals surface area (Å²) >= 11 is 0. The highest BCUT2D eigenvalue weighted by Crippen LogP contribution is 2.25. The zero-order chi connectivity index (χ0) is 16.4. The fourth-order valence-electron chi connectivity index (χ4n) is 2.03. The molecule has 0 aliphatic heterocycles. The number of aromatic hydroxyl groups is 2. The Balaban J connectivity index is 1.86. The first kappa shape index (κ1) is 14.5. The molecule has 0 aliphatic carbocycles. The van der Waals surface area contributed by atoms with E-state index in [1.807, 2.05) is 0 Å². The van der Waals surface area contributed by atoms with E-state index in [2.05, 4.69) is 10.4 Å². The molecule has 0 fully saturated rings. The first-order valence-electron chi connectivity index (χ1n) is 6.69. The van der Waals surface area contributed by atoms with Crippen molar-refractivity contribution >= 4 is 5.78 Å². The SMILES string of the molecule is O=C(Cn1nnn(-c2ccccc2)c1=O)c1ccc(O)c(O)c1. The second-order valence-corrected chi connectivity index (χ2v) is 4.79. The van der Waals surface area contributed by atoms with Crippen LogP contribution in [0.4, 0.5) is 0 Å². The highest BCUT2D eigenvalue weighted by Gasteiger charge is 2.14. The van der Waals surface area contributed by atoms with Crippen LogP contribution >= 0.6 is 0 Å². The normalized spacial score (nSPS) is 10.6. The molecule has 0 spiro atoms. The number of carbonyl (C=O) groups excluding carboxylic acids is 1. The molecule has 0 amide bonds. The molecule has 8 heteroatoms. The number of Topliss-reactive ketones (excluding diaryl/α,β-unsaturated/α-hetero) is 1. The molecule has 3 aromatic rings. The minimum atomic E-state index is -0.549. The molecule has 0 unspecified atom stereocenters. The lowest BCUT2D eigenvalue weighted by atomic mass is 10.1. The van der Waals surface area contributed by atoms with Crippen LogP contribution in [0.1, 0.15) is 10.4 Å². The third-order valence-electron chi connectivity index (χ3n) is 3.23. The lowest BCUT2D eigenvalue weighted by Gasteiger charge is -2.02. The number of tetrazole rings is 1. The molecule has 116 valence electrons. The van der Waals surface area contributed by atoms with Crippen LogP contribution < -0.4 is 5.69 Å². The van der Waals surface area contributed by atoms with Gasteiger partial charge >= 0.3 is 5.69 Å². The number of carbonyl (C=O) groups is 1. The fourth-order valence-corrected chi connectivity index (χ4v) is 2.03. The van der Waals surface area contributed by atoms with Gasteiger partial charge in [-0.05, 0) is 40.8 Å². The first-order valence-corrected chi connectivity index (χ1v) is 6.69. The van der Waals surface area contributed by atoms with Crippen LogP contribution in [0.15, 0.2) is 53.3 Å². The fraction of sp³-hybridized carbons (Fsp3) is 0.0667. The highest BCUT2D eigenvalue weighted by molar-refractivity contribution is 5.96. The number of aromatic nitrogens is 4. The van der Waals surface area contributed by atoms with Crippen molar-refractivity contribution in [2.24, 2.45) is 0 Å². The molecule has 1 aromatic heterocycles. The molecule has 8 nitrogen and oxygen atoms in total. The van der Waals surface area contributed by atoms with E-state index in [0.717, 1.165) is 15.4 Å². The lowest BCUT2D eigenvalue weighted by molar-refractivity contribution is 0.0965. The monoisotopic (exact) mass is 312 g/mol. The largest absolute Gasteiger partial charge is 0.504 e. The molecule has 0 bridgehead atoms. The molecule has 1 heterocycles. The summed E-state index contributed by atoms with van der Waals surface area (Å²) in [6.45, 7) is -0.324. The smallest absolute Gasteiger partial charge is 0.368 e. The minimum Gasteiger partial charge on any atom is -0.504 e. The molecule has 2 aromatic carbocycles. The van der Waals surface area contributed by atoms with Crippen LogP contribution in [0.5, 0.6) is 11.5 Å². The topological polar surface area (TPSA) is 110 Å². The minimum absolute atomic E-state index is 0.154. The Bertz CT molecular complexity index is 915. The van der Waals surface area contributed by atoms with Gasteiger partial charge in [0.25, 0.3) is 0 Å². The standard InChI is InChI=1S/C15H12N4O4/c20-12-7-6-10(8-13(12)21)14(22)9-18-15(23)19(17-16-18)11-4-2-1-3-5-11/h1-8,20-21H,9H2. The quantitative estimate of drug-likeness (QED) is 0.542. The Kier molecular flexibility index (Phi) is 3.63. The third kappa shape index (κ3) is 2.82. The number of benzene rings is 2. The molecule has 2 N–H and O–H groups in total. The van der Waals surface area contributed by atoms with E-state index in [1.54, 1.807) is 30.3 Å². The van der Waals surface area contributed by atoms with E-state index < -0.39 is 17.2 Å². The maximum absolute atomic E-state index is 12.2. The number of ketones is 1. The predicted octanol–water partition coefficient (Wildman–Crippen LogP) is 0.723. The number of rotatable bonds is 4. The molecule has 0 atom stereocenters. The molecular formula is C15H12N4O4. The van der Waals surface area contributed by atoms with E-state index >= 15 is 0 Å². The van der Waals surface area contributed by atoms with Crippen molar-refractivity contribution < 1.29 is 15.0 Å². The molecule has 23 heavy (non-hydrogen) atoms. The van der Waals surface area contributed by atoms with E-state index in [0.29, 0.717) is 5.69 Å². The number of hydrogen-bond donors (Lipinski definition) is 2. The van der Waals surface area contributed by atoms with Gasteiger partial charge in [0.1, 0.15) is 6.54 Å². The average Bonchev–Trinajstić information content (AvgIpc) is 2.92. The summed E-state index contributed by atoms with van der Waals surface area (Å²) in [4.78, 5) is 24.4. The Labute approximate surface area is 129 Å². The van der Waals surface area contributed by atoms with Crippen molar-refractivity contribution in [3.05, 3.63) is 64.6 Å². The second kappa shape index (κ2) is 5.76. The van der Waals surface area contributed by atoms with Crippen LogP contribution in [0.3, 0.4) is 0 Å². The van der Waals surface area contributed by atoms with Crippen LogP contribution in [-0.2, 0) is 6.54 Å². The predicted molar refractivity (Wildman–Crippen MR) is 79.7 cm³/mol. The highest BCUT2D eigenvalue weighted by atomic mass is 16.3. The number of para-hydroxylation sites is 1.